The largest absolute Gasteiger partial charge is 0.467 e. The summed E-state index contributed by atoms with van der Waals surface area (Å²) in [5.41, 5.74) is 4.81. The summed E-state index contributed by atoms with van der Waals surface area (Å²) in [4.78, 5) is 11.6. The van der Waals surface area contributed by atoms with E-state index in [-0.39, 0.29) is 0 Å². The second-order valence-corrected chi connectivity index (χ2v) is 6.67. The minimum absolute atomic E-state index is 0.346. The Kier molecular flexibility index (Phi) is 5.04. The van der Waals surface area contributed by atoms with Crippen LogP contribution in [0.3, 0.4) is 0 Å². The predicted molar refractivity (Wildman–Crippen MR) is 77.1 cm³/mol. The quantitative estimate of drug-likeness (QED) is 0.888. The van der Waals surface area contributed by atoms with E-state index in [0.717, 1.165) is 10.2 Å². The van der Waals surface area contributed by atoms with Crippen molar-refractivity contribution in [1.29, 1.82) is 0 Å². The van der Waals surface area contributed by atoms with Gasteiger partial charge in [0, 0.05) is 13.1 Å². The van der Waals surface area contributed by atoms with Crippen LogP contribution in [0.25, 0.3) is 0 Å². The van der Waals surface area contributed by atoms with Crippen LogP contribution in [0.2, 0.25) is 0 Å². The molecule has 5 nitrogen and oxygen atoms in total. The smallest absolute Gasteiger partial charge is 0.407 e. The number of alkyl carbamates (subject to hydrolysis) is 1. The number of furan rings is 1. The molecule has 1 aromatic heterocycles. The first kappa shape index (κ1) is 16.0. The fraction of sp³-hybridized carbons (Fsp3) is 0.615. The molecule has 0 saturated carbocycles. The van der Waals surface area contributed by atoms with Crippen LogP contribution in [-0.4, -0.2) is 24.8 Å². The highest BCUT2D eigenvalue weighted by atomic mass is 79.9. The average Bonchev–Trinajstić information content (AvgIpc) is 2.71. The minimum Gasteiger partial charge on any atom is -0.467 e. The summed E-state index contributed by atoms with van der Waals surface area (Å²) >= 11 is 3.33. The molecular weight excluding hydrogens is 312 g/mol. The Morgan fingerprint density at radius 1 is 1.47 bits per heavy atom. The van der Waals surface area contributed by atoms with Crippen molar-refractivity contribution in [2.45, 2.75) is 38.7 Å². The topological polar surface area (TPSA) is 77.5 Å². The van der Waals surface area contributed by atoms with Gasteiger partial charge in [0.2, 0.25) is 0 Å². The summed E-state index contributed by atoms with van der Waals surface area (Å²) in [5.74, 6) is 0.720. The van der Waals surface area contributed by atoms with Crippen LogP contribution in [0.4, 0.5) is 4.79 Å². The number of ether oxygens (including phenoxy) is 1. The van der Waals surface area contributed by atoms with Gasteiger partial charge in [-0.25, -0.2) is 4.79 Å². The predicted octanol–water partition coefficient (Wildman–Crippen LogP) is 2.78. The summed E-state index contributed by atoms with van der Waals surface area (Å²) < 4.78 is 11.5. The molecule has 6 heteroatoms. The summed E-state index contributed by atoms with van der Waals surface area (Å²) in [5, 5.41) is 2.72. The first-order chi connectivity index (χ1) is 8.66. The van der Waals surface area contributed by atoms with E-state index in [0.29, 0.717) is 13.1 Å². The third-order valence-corrected chi connectivity index (χ3v) is 3.05. The molecule has 108 valence electrons. The SMILES string of the molecule is CC(C)(C)OC(=O)NCC(C)(CN)c1cc(Br)co1. The lowest BCUT2D eigenvalue weighted by molar-refractivity contribution is 0.0514. The Bertz CT molecular complexity index is 439. The molecule has 1 amide bonds. The minimum atomic E-state index is -0.517. The van der Waals surface area contributed by atoms with Crippen LogP contribution in [0.15, 0.2) is 21.2 Å². The maximum absolute atomic E-state index is 11.6. The van der Waals surface area contributed by atoms with Crippen LogP contribution < -0.4 is 11.1 Å². The Balaban J connectivity index is 2.65. The highest BCUT2D eigenvalue weighted by Crippen LogP contribution is 2.26. The van der Waals surface area contributed by atoms with Crippen molar-refractivity contribution in [3.05, 3.63) is 22.6 Å². The number of halogens is 1. The lowest BCUT2D eigenvalue weighted by Gasteiger charge is -2.27. The van der Waals surface area contributed by atoms with Gasteiger partial charge in [-0.05, 0) is 49.7 Å². The Labute approximate surface area is 122 Å². The number of rotatable bonds is 4. The van der Waals surface area contributed by atoms with Crippen molar-refractivity contribution in [2.24, 2.45) is 5.73 Å². The molecule has 1 heterocycles. The van der Waals surface area contributed by atoms with Crippen LogP contribution in [0.1, 0.15) is 33.5 Å². The molecule has 0 saturated heterocycles. The van der Waals surface area contributed by atoms with E-state index in [4.69, 9.17) is 14.9 Å². The first-order valence-electron chi connectivity index (χ1n) is 6.08. The van der Waals surface area contributed by atoms with E-state index < -0.39 is 17.1 Å². The number of hydrogen-bond donors (Lipinski definition) is 2. The van der Waals surface area contributed by atoms with Gasteiger partial charge < -0.3 is 20.2 Å². The number of nitrogens with one attached hydrogen (secondary N) is 1. The molecule has 1 atom stereocenters. The van der Waals surface area contributed by atoms with Gasteiger partial charge in [0.25, 0.3) is 0 Å². The van der Waals surface area contributed by atoms with Crippen LogP contribution in [-0.2, 0) is 10.2 Å². The Morgan fingerprint density at radius 3 is 2.53 bits per heavy atom. The molecule has 0 aliphatic carbocycles. The fourth-order valence-corrected chi connectivity index (χ4v) is 1.77. The van der Waals surface area contributed by atoms with Crippen molar-refractivity contribution in [2.75, 3.05) is 13.1 Å². The third kappa shape index (κ3) is 4.87. The van der Waals surface area contributed by atoms with Gasteiger partial charge in [-0.1, -0.05) is 0 Å². The fourth-order valence-electron chi connectivity index (χ4n) is 1.47. The maximum atomic E-state index is 11.6. The molecule has 1 unspecified atom stereocenters. The van der Waals surface area contributed by atoms with E-state index in [9.17, 15) is 4.79 Å². The van der Waals surface area contributed by atoms with E-state index in [2.05, 4.69) is 21.2 Å². The molecule has 1 rings (SSSR count). The van der Waals surface area contributed by atoms with Gasteiger partial charge in [0.05, 0.1) is 9.89 Å². The van der Waals surface area contributed by atoms with Crippen LogP contribution in [0, 0.1) is 0 Å². The maximum Gasteiger partial charge on any atom is 0.407 e. The van der Waals surface area contributed by atoms with Crippen molar-refractivity contribution in [1.82, 2.24) is 5.32 Å². The highest BCUT2D eigenvalue weighted by Gasteiger charge is 2.30. The standard InChI is InChI=1S/C13H21BrN2O3/c1-12(2,3)19-11(17)16-8-13(4,7-15)10-5-9(14)6-18-10/h5-6H,7-8,15H2,1-4H3,(H,16,17). The lowest BCUT2D eigenvalue weighted by atomic mass is 9.88. The van der Waals surface area contributed by atoms with E-state index >= 15 is 0 Å². The molecule has 0 bridgehead atoms. The van der Waals surface area contributed by atoms with Crippen molar-refractivity contribution >= 4 is 22.0 Å². The van der Waals surface area contributed by atoms with E-state index in [1.54, 1.807) is 6.26 Å². The van der Waals surface area contributed by atoms with Crippen LogP contribution in [0.5, 0.6) is 0 Å². The molecular formula is C13H21BrN2O3. The van der Waals surface area contributed by atoms with E-state index in [1.165, 1.54) is 0 Å². The van der Waals surface area contributed by atoms with Gasteiger partial charge in [0.15, 0.2) is 0 Å². The molecule has 3 N–H and O–H groups in total. The molecule has 0 spiro atoms. The number of nitrogens with two attached hydrogens (primary N) is 1. The van der Waals surface area contributed by atoms with Crippen molar-refractivity contribution < 1.29 is 13.9 Å². The zero-order chi connectivity index (χ0) is 14.7. The summed E-state index contributed by atoms with van der Waals surface area (Å²) in [6, 6.07) is 1.85. The summed E-state index contributed by atoms with van der Waals surface area (Å²) in [7, 11) is 0. The molecule has 0 aliphatic heterocycles. The Hall–Kier alpha value is -1.01. The van der Waals surface area contributed by atoms with Gasteiger partial charge in [-0.2, -0.15) is 0 Å². The lowest BCUT2D eigenvalue weighted by Crippen LogP contribution is -2.45. The van der Waals surface area contributed by atoms with Crippen LogP contribution >= 0.6 is 15.9 Å². The van der Waals surface area contributed by atoms with Crippen molar-refractivity contribution in [3.63, 3.8) is 0 Å². The van der Waals surface area contributed by atoms with Gasteiger partial charge >= 0.3 is 6.09 Å². The molecule has 0 fully saturated rings. The number of amides is 1. The van der Waals surface area contributed by atoms with Gasteiger partial charge in [-0.15, -0.1) is 0 Å². The van der Waals surface area contributed by atoms with E-state index in [1.807, 2.05) is 33.8 Å². The second-order valence-electron chi connectivity index (χ2n) is 5.75. The zero-order valence-electron chi connectivity index (χ0n) is 11.7. The number of hydrogen-bond acceptors (Lipinski definition) is 4. The van der Waals surface area contributed by atoms with Gasteiger partial charge in [0.1, 0.15) is 17.6 Å². The molecule has 0 radical (unpaired) electrons. The molecule has 19 heavy (non-hydrogen) atoms. The Morgan fingerprint density at radius 2 is 2.11 bits per heavy atom. The molecule has 1 aromatic rings. The molecule has 0 aliphatic rings. The molecule has 0 aromatic carbocycles. The van der Waals surface area contributed by atoms with Crippen molar-refractivity contribution in [3.8, 4) is 0 Å². The van der Waals surface area contributed by atoms with Gasteiger partial charge in [-0.3, -0.25) is 0 Å². The summed E-state index contributed by atoms with van der Waals surface area (Å²) in [6.07, 6.45) is 1.13. The monoisotopic (exact) mass is 332 g/mol. The average molecular weight is 333 g/mol. The first-order valence-corrected chi connectivity index (χ1v) is 6.87. The third-order valence-electron chi connectivity index (χ3n) is 2.63. The summed E-state index contributed by atoms with van der Waals surface area (Å²) in [6.45, 7) is 8.08. The highest BCUT2D eigenvalue weighted by molar-refractivity contribution is 9.10. The zero-order valence-corrected chi connectivity index (χ0v) is 13.3. The number of carbonyl (C=O) groups excluding carboxylic acids is 1. The second kappa shape index (κ2) is 5.96. The number of carbonyl (C=O) groups is 1. The normalized spacial score (nSPS) is 14.8.